The van der Waals surface area contributed by atoms with Gasteiger partial charge in [-0.2, -0.15) is 0 Å². The molecule has 0 aliphatic heterocycles. The minimum Gasteiger partial charge on any atom is -0.338 e. The van der Waals surface area contributed by atoms with E-state index in [4.69, 9.17) is 34.8 Å². The van der Waals surface area contributed by atoms with Crippen molar-refractivity contribution in [3.05, 3.63) is 47.5 Å². The number of hydrogen-bond donors (Lipinski definition) is 2. The molecular weight excluding hydrogens is 341 g/mol. The van der Waals surface area contributed by atoms with E-state index in [1.165, 1.54) is 11.3 Å². The molecule has 0 saturated heterocycles. The number of carbonyl (C=O) groups excluding carboxylic acids is 1. The minimum absolute atomic E-state index is 0.342. The van der Waals surface area contributed by atoms with Gasteiger partial charge in [-0.1, -0.05) is 53.0 Å². The number of rotatable bonds is 4. The maximum absolute atomic E-state index is 12.1. The lowest BCUT2D eigenvalue weighted by atomic mass is 10.2. The predicted molar refractivity (Wildman–Crippen MR) is 83.7 cm³/mol. The van der Waals surface area contributed by atoms with Crippen molar-refractivity contribution in [2.24, 2.45) is 0 Å². The molecule has 20 heavy (non-hydrogen) atoms. The lowest BCUT2D eigenvalue weighted by Gasteiger charge is -2.26. The van der Waals surface area contributed by atoms with Gasteiger partial charge in [-0.05, 0) is 12.1 Å². The van der Waals surface area contributed by atoms with Crippen molar-refractivity contribution in [3.8, 4) is 0 Å². The van der Waals surface area contributed by atoms with Gasteiger partial charge in [0, 0.05) is 17.1 Å². The maximum atomic E-state index is 12.1. The Kier molecular flexibility index (Phi) is 5.10. The lowest BCUT2D eigenvalue weighted by Crippen LogP contribution is -2.49. The second-order valence-electron chi connectivity index (χ2n) is 3.80. The molecule has 1 amide bonds. The van der Waals surface area contributed by atoms with E-state index in [0.29, 0.717) is 10.7 Å². The van der Waals surface area contributed by atoms with Crippen LogP contribution in [0.2, 0.25) is 0 Å². The van der Waals surface area contributed by atoms with Crippen LogP contribution >= 0.6 is 46.1 Å². The molecule has 0 fully saturated rings. The first-order chi connectivity index (χ1) is 9.47. The van der Waals surface area contributed by atoms with Crippen molar-refractivity contribution in [2.75, 3.05) is 5.32 Å². The monoisotopic (exact) mass is 349 g/mol. The van der Waals surface area contributed by atoms with Gasteiger partial charge in [-0.3, -0.25) is 4.79 Å². The molecular formula is C12H10Cl3N3OS. The van der Waals surface area contributed by atoms with Gasteiger partial charge in [0.1, 0.15) is 6.17 Å². The second-order valence-corrected chi connectivity index (χ2v) is 7.06. The Balaban J connectivity index is 2.10. The number of aromatic nitrogens is 1. The van der Waals surface area contributed by atoms with Crippen LogP contribution in [0.25, 0.3) is 0 Å². The van der Waals surface area contributed by atoms with E-state index in [-0.39, 0.29) is 5.91 Å². The van der Waals surface area contributed by atoms with Gasteiger partial charge in [0.25, 0.3) is 5.91 Å². The standard InChI is InChI=1S/C12H10Cl3N3OS/c13-12(14,15)10(18-11-16-6-7-20-11)17-9(19)8-4-2-1-3-5-8/h1-7,10H,(H,16,18)(H,17,19). The number of alkyl halides is 3. The fourth-order valence-corrected chi connectivity index (χ4v) is 2.31. The highest BCUT2D eigenvalue weighted by Crippen LogP contribution is 2.31. The summed E-state index contributed by atoms with van der Waals surface area (Å²) in [5.41, 5.74) is 0.479. The van der Waals surface area contributed by atoms with Crippen LogP contribution in [0.3, 0.4) is 0 Å². The van der Waals surface area contributed by atoms with Crippen molar-refractivity contribution in [1.82, 2.24) is 10.3 Å². The van der Waals surface area contributed by atoms with Crippen LogP contribution in [0.5, 0.6) is 0 Å². The Labute approximate surface area is 135 Å². The molecule has 1 atom stereocenters. The van der Waals surface area contributed by atoms with Crippen LogP contribution in [0.4, 0.5) is 5.13 Å². The van der Waals surface area contributed by atoms with E-state index in [2.05, 4.69) is 15.6 Å². The summed E-state index contributed by atoms with van der Waals surface area (Å²) in [5, 5.41) is 7.84. The average Bonchev–Trinajstić information content (AvgIpc) is 2.91. The summed E-state index contributed by atoms with van der Waals surface area (Å²) in [6, 6.07) is 8.68. The molecule has 106 valence electrons. The molecule has 4 nitrogen and oxygen atoms in total. The summed E-state index contributed by atoms with van der Waals surface area (Å²) in [6.07, 6.45) is 0.716. The number of carbonyl (C=O) groups is 1. The Morgan fingerprint density at radius 2 is 1.95 bits per heavy atom. The van der Waals surface area contributed by atoms with Gasteiger partial charge in [-0.25, -0.2) is 4.98 Å². The number of benzene rings is 1. The van der Waals surface area contributed by atoms with Gasteiger partial charge in [0.05, 0.1) is 0 Å². The maximum Gasteiger partial charge on any atom is 0.252 e. The first-order valence-corrected chi connectivity index (χ1v) is 7.57. The summed E-state index contributed by atoms with van der Waals surface area (Å²) in [4.78, 5) is 16.1. The van der Waals surface area contributed by atoms with E-state index >= 15 is 0 Å². The number of amides is 1. The molecule has 1 unspecified atom stereocenters. The van der Waals surface area contributed by atoms with E-state index in [1.54, 1.807) is 35.8 Å². The molecule has 2 rings (SSSR count). The third-order valence-corrected chi connectivity index (χ3v) is 3.70. The third-order valence-electron chi connectivity index (χ3n) is 2.34. The van der Waals surface area contributed by atoms with Crippen molar-refractivity contribution < 1.29 is 4.79 Å². The van der Waals surface area contributed by atoms with Crippen LogP contribution in [0.15, 0.2) is 41.9 Å². The zero-order valence-electron chi connectivity index (χ0n) is 10.0. The zero-order chi connectivity index (χ0) is 14.6. The summed E-state index contributed by atoms with van der Waals surface area (Å²) in [6.45, 7) is 0. The Bertz CT molecular complexity index is 557. The Morgan fingerprint density at radius 3 is 2.50 bits per heavy atom. The van der Waals surface area contributed by atoms with Crippen LogP contribution < -0.4 is 10.6 Å². The summed E-state index contributed by atoms with van der Waals surface area (Å²) in [7, 11) is 0. The van der Waals surface area contributed by atoms with Crippen molar-refractivity contribution in [1.29, 1.82) is 0 Å². The molecule has 1 aromatic heterocycles. The number of thiazole rings is 1. The highest BCUT2D eigenvalue weighted by molar-refractivity contribution is 7.13. The number of anilines is 1. The normalized spacial score (nSPS) is 12.8. The Hall–Kier alpha value is -1.01. The highest BCUT2D eigenvalue weighted by Gasteiger charge is 2.34. The number of nitrogens with zero attached hydrogens (tertiary/aromatic N) is 1. The van der Waals surface area contributed by atoms with Crippen LogP contribution in [0, 0.1) is 0 Å². The van der Waals surface area contributed by atoms with Crippen LogP contribution in [-0.2, 0) is 0 Å². The van der Waals surface area contributed by atoms with Crippen molar-refractivity contribution >= 4 is 57.2 Å². The molecule has 1 aromatic carbocycles. The first kappa shape index (κ1) is 15.4. The van der Waals surface area contributed by atoms with Gasteiger partial charge in [-0.15, -0.1) is 11.3 Å². The predicted octanol–water partition coefficient (Wildman–Crippen LogP) is 3.68. The fourth-order valence-electron chi connectivity index (χ4n) is 1.42. The van der Waals surface area contributed by atoms with Crippen molar-refractivity contribution in [3.63, 3.8) is 0 Å². The van der Waals surface area contributed by atoms with Crippen LogP contribution in [-0.4, -0.2) is 20.8 Å². The zero-order valence-corrected chi connectivity index (χ0v) is 13.1. The molecule has 0 saturated carbocycles. The SMILES string of the molecule is O=C(NC(Nc1nccs1)C(Cl)(Cl)Cl)c1ccccc1. The fraction of sp³-hybridized carbons (Fsp3) is 0.167. The quantitative estimate of drug-likeness (QED) is 0.653. The van der Waals surface area contributed by atoms with Crippen LogP contribution in [0.1, 0.15) is 10.4 Å². The summed E-state index contributed by atoms with van der Waals surface area (Å²) in [5.74, 6) is -0.342. The van der Waals surface area contributed by atoms with E-state index in [9.17, 15) is 4.79 Å². The highest BCUT2D eigenvalue weighted by atomic mass is 35.6. The van der Waals surface area contributed by atoms with E-state index < -0.39 is 9.96 Å². The number of hydrogen-bond acceptors (Lipinski definition) is 4. The lowest BCUT2D eigenvalue weighted by molar-refractivity contribution is 0.0942. The van der Waals surface area contributed by atoms with Crippen molar-refractivity contribution in [2.45, 2.75) is 9.96 Å². The number of halogens is 3. The molecule has 1 heterocycles. The largest absolute Gasteiger partial charge is 0.338 e. The third kappa shape index (κ3) is 4.24. The second kappa shape index (κ2) is 6.63. The first-order valence-electron chi connectivity index (χ1n) is 5.55. The molecule has 0 bridgehead atoms. The average molecular weight is 351 g/mol. The Morgan fingerprint density at radius 1 is 1.25 bits per heavy atom. The van der Waals surface area contributed by atoms with Gasteiger partial charge < -0.3 is 10.6 Å². The summed E-state index contributed by atoms with van der Waals surface area (Å²) < 4.78 is -1.71. The van der Waals surface area contributed by atoms with E-state index in [1.807, 2.05) is 6.07 Å². The van der Waals surface area contributed by atoms with Gasteiger partial charge in [0.15, 0.2) is 5.13 Å². The molecule has 0 radical (unpaired) electrons. The van der Waals surface area contributed by atoms with E-state index in [0.717, 1.165) is 0 Å². The molecule has 2 aromatic rings. The molecule has 0 aliphatic carbocycles. The minimum atomic E-state index is -1.71. The smallest absolute Gasteiger partial charge is 0.252 e. The molecule has 0 aliphatic rings. The molecule has 0 spiro atoms. The topological polar surface area (TPSA) is 54.0 Å². The molecule has 8 heteroatoms. The number of nitrogens with one attached hydrogen (secondary N) is 2. The van der Waals surface area contributed by atoms with Gasteiger partial charge >= 0.3 is 0 Å². The van der Waals surface area contributed by atoms with Gasteiger partial charge in [0.2, 0.25) is 3.79 Å². The summed E-state index contributed by atoms with van der Waals surface area (Å²) >= 11 is 19.0. The molecule has 2 N–H and O–H groups in total.